The first-order valence-corrected chi connectivity index (χ1v) is 10.4. The Kier molecular flexibility index (Phi) is 6.54. The first kappa shape index (κ1) is 24.3. The summed E-state index contributed by atoms with van der Waals surface area (Å²) in [5.41, 5.74) is -0.453. The molecule has 0 bridgehead atoms. The van der Waals surface area contributed by atoms with Crippen molar-refractivity contribution in [2.45, 2.75) is 37.6 Å². The molecule has 0 unspecified atom stereocenters. The van der Waals surface area contributed by atoms with Crippen molar-refractivity contribution in [2.24, 2.45) is 0 Å². The van der Waals surface area contributed by atoms with Gasteiger partial charge in [0.25, 0.3) is 0 Å². The minimum Gasteiger partial charge on any atom is -0.507 e. The van der Waals surface area contributed by atoms with Gasteiger partial charge >= 0.3 is 5.97 Å². The summed E-state index contributed by atoms with van der Waals surface area (Å²) in [5, 5.41) is 60.0. The number of phenolic OH excluding ortho intramolecular Hbond substituents is 3. The van der Waals surface area contributed by atoms with Crippen molar-refractivity contribution in [1.82, 2.24) is 0 Å². The lowest BCUT2D eigenvalue weighted by atomic mass is 9.99. The highest BCUT2D eigenvalue weighted by molar-refractivity contribution is 5.86. The highest BCUT2D eigenvalue weighted by Gasteiger charge is 2.45. The fourth-order valence-corrected chi connectivity index (χ4v) is 3.62. The van der Waals surface area contributed by atoms with E-state index in [0.29, 0.717) is 0 Å². The van der Waals surface area contributed by atoms with Gasteiger partial charge in [0.05, 0.1) is 0 Å². The lowest BCUT2D eigenvalue weighted by molar-refractivity contribution is -0.278. The van der Waals surface area contributed by atoms with E-state index in [4.69, 9.17) is 18.6 Å². The maximum absolute atomic E-state index is 12.6. The molecule has 0 radical (unpaired) electrons. The lowest BCUT2D eigenvalue weighted by Crippen LogP contribution is -2.60. The Labute approximate surface area is 196 Å². The molecule has 12 nitrogen and oxygen atoms in total. The summed E-state index contributed by atoms with van der Waals surface area (Å²) in [7, 11) is 0. The first-order valence-electron chi connectivity index (χ1n) is 10.4. The molecule has 12 heteroatoms. The zero-order chi connectivity index (χ0) is 25.4. The number of fused-ring (bicyclic) bond motifs is 1. The van der Waals surface area contributed by atoms with E-state index in [1.807, 2.05) is 0 Å². The molecule has 6 N–H and O–H groups in total. The third-order valence-corrected chi connectivity index (χ3v) is 5.41. The quantitative estimate of drug-likeness (QED) is 0.212. The molecule has 1 aliphatic heterocycles. The number of aliphatic hydroxyl groups excluding tert-OH is 3. The maximum Gasteiger partial charge on any atom is 0.302 e. The molecule has 35 heavy (non-hydrogen) atoms. The van der Waals surface area contributed by atoms with Gasteiger partial charge in [-0.15, -0.1) is 0 Å². The zero-order valence-corrected chi connectivity index (χ0v) is 18.2. The molecule has 4 rings (SSSR count). The van der Waals surface area contributed by atoms with Crippen LogP contribution in [0.1, 0.15) is 6.92 Å². The van der Waals surface area contributed by atoms with Gasteiger partial charge in [-0.05, 0) is 18.2 Å². The Hall–Kier alpha value is -3.84. The molecule has 2 heterocycles. The van der Waals surface area contributed by atoms with Gasteiger partial charge in [-0.1, -0.05) is 0 Å². The number of esters is 1. The molecule has 186 valence electrons. The number of rotatable bonds is 5. The Bertz CT molecular complexity index is 1320. The van der Waals surface area contributed by atoms with E-state index in [0.717, 1.165) is 19.1 Å². The van der Waals surface area contributed by atoms with Crippen molar-refractivity contribution in [3.8, 4) is 34.3 Å². The van der Waals surface area contributed by atoms with E-state index < -0.39 is 60.2 Å². The van der Waals surface area contributed by atoms with Gasteiger partial charge in [0, 0.05) is 30.7 Å². The van der Waals surface area contributed by atoms with Crippen LogP contribution >= 0.6 is 0 Å². The highest BCUT2D eigenvalue weighted by atomic mass is 16.7. The molecule has 1 aromatic heterocycles. The summed E-state index contributed by atoms with van der Waals surface area (Å²) in [6.07, 6.45) is -7.75. The van der Waals surface area contributed by atoms with Gasteiger partial charge in [0.1, 0.15) is 59.3 Å². The van der Waals surface area contributed by atoms with Crippen LogP contribution in [0.15, 0.2) is 45.6 Å². The molecule has 0 saturated carbocycles. The van der Waals surface area contributed by atoms with Crippen LogP contribution in [0.3, 0.4) is 0 Å². The molecule has 1 aliphatic rings. The van der Waals surface area contributed by atoms with Crippen LogP contribution < -0.4 is 10.2 Å². The monoisotopic (exact) mass is 490 g/mol. The molecule has 2 aromatic carbocycles. The summed E-state index contributed by atoms with van der Waals surface area (Å²) in [6.45, 7) is 0.731. The second-order valence-corrected chi connectivity index (χ2v) is 7.93. The van der Waals surface area contributed by atoms with E-state index in [9.17, 15) is 40.2 Å². The van der Waals surface area contributed by atoms with Crippen molar-refractivity contribution in [3.05, 3.63) is 46.6 Å². The molecule has 5 atom stereocenters. The van der Waals surface area contributed by atoms with Crippen LogP contribution in [-0.2, 0) is 14.3 Å². The largest absolute Gasteiger partial charge is 0.507 e. The number of carbonyl (C=O) groups is 1. The average molecular weight is 490 g/mol. The summed E-state index contributed by atoms with van der Waals surface area (Å²) >= 11 is 0. The molecule has 0 aliphatic carbocycles. The van der Waals surface area contributed by atoms with E-state index in [-0.39, 0.29) is 33.8 Å². The van der Waals surface area contributed by atoms with Crippen LogP contribution in [0.4, 0.5) is 0 Å². The van der Waals surface area contributed by atoms with Gasteiger partial charge < -0.3 is 49.3 Å². The van der Waals surface area contributed by atoms with E-state index in [1.54, 1.807) is 0 Å². The predicted octanol–water partition coefficient (Wildman–Crippen LogP) is 0.326. The van der Waals surface area contributed by atoms with Crippen molar-refractivity contribution in [3.63, 3.8) is 0 Å². The minimum absolute atomic E-state index is 0.0169. The number of hydrogen-bond donors (Lipinski definition) is 6. The van der Waals surface area contributed by atoms with Crippen LogP contribution in [0.25, 0.3) is 22.3 Å². The number of hydrogen-bond acceptors (Lipinski definition) is 12. The molecular weight excluding hydrogens is 468 g/mol. The summed E-state index contributed by atoms with van der Waals surface area (Å²) < 4.78 is 21.5. The average Bonchev–Trinajstić information content (AvgIpc) is 2.79. The van der Waals surface area contributed by atoms with Gasteiger partial charge in [-0.25, -0.2) is 0 Å². The topological polar surface area (TPSA) is 196 Å². The smallest absolute Gasteiger partial charge is 0.302 e. The van der Waals surface area contributed by atoms with Crippen molar-refractivity contribution >= 4 is 16.9 Å². The third-order valence-electron chi connectivity index (χ3n) is 5.41. The number of aromatic hydroxyl groups is 3. The predicted molar refractivity (Wildman–Crippen MR) is 117 cm³/mol. The second-order valence-electron chi connectivity index (χ2n) is 7.93. The van der Waals surface area contributed by atoms with E-state index in [2.05, 4.69) is 0 Å². The molecule has 3 aromatic rings. The standard InChI is InChI=1S/C23H22O12/c1-9(24)32-8-18-20(29)21(30)22(31)23(35-18)33-11-5-14(27)19-15(28)7-16(34-17(19)6-11)10-2-3-12(25)13(26)4-10/h2-7,18,20-23,25-27,29-31H,8H2,1H3/t18-,20-,21-,22-,23-/m0/s1. The summed E-state index contributed by atoms with van der Waals surface area (Å²) in [6, 6.07) is 7.19. The van der Waals surface area contributed by atoms with Crippen molar-refractivity contribution in [2.75, 3.05) is 6.61 Å². The zero-order valence-electron chi connectivity index (χ0n) is 18.2. The van der Waals surface area contributed by atoms with Crippen molar-refractivity contribution in [1.29, 1.82) is 0 Å². The van der Waals surface area contributed by atoms with Gasteiger partial charge in [0.15, 0.2) is 16.9 Å². The van der Waals surface area contributed by atoms with E-state index in [1.165, 1.54) is 24.3 Å². The number of phenols is 3. The number of ether oxygens (including phenoxy) is 3. The molecular formula is C23H22O12. The number of carbonyl (C=O) groups excluding carboxylic acids is 1. The highest BCUT2D eigenvalue weighted by Crippen LogP contribution is 2.35. The Morgan fingerprint density at radius 1 is 0.943 bits per heavy atom. The third kappa shape index (κ3) is 4.86. The summed E-state index contributed by atoms with van der Waals surface area (Å²) in [4.78, 5) is 23.7. The Morgan fingerprint density at radius 3 is 2.37 bits per heavy atom. The Morgan fingerprint density at radius 2 is 1.69 bits per heavy atom. The SMILES string of the molecule is CC(=O)OC[C@@H]1O[C@H](Oc2cc(O)c3c(=O)cc(-c4ccc(O)c(O)c4)oc3c2)[C@@H](O)[C@@H](O)[C@H]1O. The number of benzene rings is 2. The first-order chi connectivity index (χ1) is 16.5. The molecule has 0 spiro atoms. The normalized spacial score (nSPS) is 24.3. The number of aliphatic hydroxyl groups is 3. The second kappa shape index (κ2) is 9.43. The molecule has 1 fully saturated rings. The lowest BCUT2D eigenvalue weighted by Gasteiger charge is -2.39. The van der Waals surface area contributed by atoms with Crippen molar-refractivity contribution < 1.29 is 54.1 Å². The summed E-state index contributed by atoms with van der Waals surface area (Å²) in [5.74, 6) is -2.06. The fourth-order valence-electron chi connectivity index (χ4n) is 3.62. The minimum atomic E-state index is -1.71. The maximum atomic E-state index is 12.6. The fraction of sp³-hybridized carbons (Fsp3) is 0.304. The van der Waals surface area contributed by atoms with Crippen LogP contribution in [0, 0.1) is 0 Å². The Balaban J connectivity index is 1.66. The van der Waals surface area contributed by atoms with Crippen LogP contribution in [0.5, 0.6) is 23.0 Å². The van der Waals surface area contributed by atoms with E-state index >= 15 is 0 Å². The van der Waals surface area contributed by atoms with Crippen LogP contribution in [-0.4, -0.2) is 73.9 Å². The molecule has 0 amide bonds. The van der Waals surface area contributed by atoms with Crippen LogP contribution in [0.2, 0.25) is 0 Å². The van der Waals surface area contributed by atoms with Gasteiger partial charge in [-0.2, -0.15) is 0 Å². The molecule has 1 saturated heterocycles. The van der Waals surface area contributed by atoms with Gasteiger partial charge in [0.2, 0.25) is 6.29 Å². The van der Waals surface area contributed by atoms with Gasteiger partial charge in [-0.3, -0.25) is 9.59 Å².